The minimum Gasteiger partial charge on any atom is -0.302 e. The number of carbonyl (C=O) groups is 1. The largest absolute Gasteiger partial charge is 0.302 e. The molecule has 0 fully saturated rings. The van der Waals surface area contributed by atoms with Gasteiger partial charge >= 0.3 is 0 Å². The lowest BCUT2D eigenvalue weighted by atomic mass is 10.2. The second kappa shape index (κ2) is 7.15. The molecule has 7 heteroatoms. The summed E-state index contributed by atoms with van der Waals surface area (Å²) in [6, 6.07) is 13.6. The monoisotopic (exact) mass is 399 g/mol. The molecule has 4 rings (SSSR count). The molecule has 2 aromatic carbocycles. The lowest BCUT2D eigenvalue weighted by Gasteiger charge is -2.00. The van der Waals surface area contributed by atoms with E-state index in [9.17, 15) is 4.79 Å². The first-order valence-electron chi connectivity index (χ1n) is 7.95. The summed E-state index contributed by atoms with van der Waals surface area (Å²) in [4.78, 5) is 21.3. The molecule has 0 aliphatic carbocycles. The predicted molar refractivity (Wildman–Crippen MR) is 109 cm³/mol. The molecule has 4 nitrogen and oxygen atoms in total. The van der Waals surface area contributed by atoms with Gasteiger partial charge in [0.25, 0.3) is 0 Å². The van der Waals surface area contributed by atoms with Crippen LogP contribution in [0.4, 0.5) is 5.13 Å². The maximum atomic E-state index is 12.3. The van der Waals surface area contributed by atoms with Crippen molar-refractivity contribution in [2.45, 2.75) is 13.3 Å². The van der Waals surface area contributed by atoms with Gasteiger partial charge in [-0.2, -0.15) is 0 Å². The van der Waals surface area contributed by atoms with E-state index in [0.29, 0.717) is 10.2 Å². The van der Waals surface area contributed by atoms with Crippen LogP contribution in [-0.4, -0.2) is 15.9 Å². The molecule has 0 saturated carbocycles. The van der Waals surface area contributed by atoms with Crippen LogP contribution in [0.1, 0.15) is 11.3 Å². The summed E-state index contributed by atoms with van der Waals surface area (Å²) in [5.74, 6) is -0.128. The van der Waals surface area contributed by atoms with Crippen LogP contribution in [0.25, 0.3) is 20.8 Å². The molecule has 0 unspecified atom stereocenters. The highest BCUT2D eigenvalue weighted by Crippen LogP contribution is 2.30. The number of carbonyl (C=O) groups excluding carboxylic acids is 1. The zero-order valence-corrected chi connectivity index (χ0v) is 16.2. The number of hydrogen-bond acceptors (Lipinski definition) is 5. The topological polar surface area (TPSA) is 54.9 Å². The van der Waals surface area contributed by atoms with Gasteiger partial charge in [-0.1, -0.05) is 47.2 Å². The quantitative estimate of drug-likeness (QED) is 0.488. The number of nitrogens with one attached hydrogen (secondary N) is 1. The Balaban J connectivity index is 1.47. The first-order chi connectivity index (χ1) is 12.6. The van der Waals surface area contributed by atoms with Crippen molar-refractivity contribution in [2.24, 2.45) is 0 Å². The van der Waals surface area contributed by atoms with Gasteiger partial charge in [-0.15, -0.1) is 11.3 Å². The number of aryl methyl sites for hydroxylation is 1. The van der Waals surface area contributed by atoms with E-state index in [4.69, 9.17) is 11.6 Å². The van der Waals surface area contributed by atoms with E-state index < -0.39 is 0 Å². The average Bonchev–Trinajstić information content (AvgIpc) is 3.21. The summed E-state index contributed by atoms with van der Waals surface area (Å²) < 4.78 is 1.06. The Morgan fingerprint density at radius 2 is 2.04 bits per heavy atom. The van der Waals surface area contributed by atoms with Crippen LogP contribution < -0.4 is 5.32 Å². The molecule has 0 bridgehead atoms. The number of hydrogen-bond donors (Lipinski definition) is 1. The van der Waals surface area contributed by atoms with Gasteiger partial charge < -0.3 is 5.32 Å². The Morgan fingerprint density at radius 3 is 2.88 bits per heavy atom. The van der Waals surface area contributed by atoms with Crippen molar-refractivity contribution in [3.63, 3.8) is 0 Å². The van der Waals surface area contributed by atoms with Gasteiger partial charge in [0.15, 0.2) is 5.13 Å². The highest BCUT2D eigenvalue weighted by Gasteiger charge is 2.13. The molecule has 4 aromatic rings. The second-order valence-electron chi connectivity index (χ2n) is 5.84. The minimum atomic E-state index is -0.128. The predicted octanol–water partition coefficient (Wildman–Crippen LogP) is 5.56. The summed E-state index contributed by atoms with van der Waals surface area (Å²) in [7, 11) is 0. The van der Waals surface area contributed by atoms with E-state index in [2.05, 4.69) is 21.4 Å². The van der Waals surface area contributed by atoms with Crippen molar-refractivity contribution < 1.29 is 4.79 Å². The van der Waals surface area contributed by atoms with Crippen LogP contribution in [0.2, 0.25) is 5.02 Å². The maximum absolute atomic E-state index is 12.3. The van der Waals surface area contributed by atoms with Gasteiger partial charge in [0.2, 0.25) is 5.91 Å². The van der Waals surface area contributed by atoms with E-state index in [1.807, 2.05) is 48.7 Å². The number of aromatic nitrogens is 2. The van der Waals surface area contributed by atoms with Crippen molar-refractivity contribution >= 4 is 55.5 Å². The van der Waals surface area contributed by atoms with Crippen LogP contribution in [0.5, 0.6) is 0 Å². The van der Waals surface area contributed by atoms with Crippen molar-refractivity contribution in [3.05, 3.63) is 64.1 Å². The fraction of sp³-hybridized carbons (Fsp3) is 0.105. The van der Waals surface area contributed by atoms with Crippen molar-refractivity contribution in [3.8, 4) is 10.6 Å². The van der Waals surface area contributed by atoms with E-state index in [-0.39, 0.29) is 12.3 Å². The molecule has 0 spiro atoms. The number of benzene rings is 2. The molecule has 0 saturated heterocycles. The minimum absolute atomic E-state index is 0.128. The third-order valence-corrected chi connectivity index (χ3v) is 5.98. The first kappa shape index (κ1) is 17.1. The number of fused-ring (bicyclic) bond motifs is 1. The molecule has 0 atom stereocenters. The highest BCUT2D eigenvalue weighted by atomic mass is 35.5. The van der Waals surface area contributed by atoms with E-state index in [0.717, 1.165) is 26.5 Å². The van der Waals surface area contributed by atoms with Gasteiger partial charge in [-0.05, 0) is 30.7 Å². The smallest absolute Gasteiger partial charge is 0.232 e. The van der Waals surface area contributed by atoms with Crippen molar-refractivity contribution in [1.29, 1.82) is 0 Å². The SMILES string of the molecule is Cc1ccc2nc(NC(=O)Cc3csc(-c4ccccc4Cl)n3)sc2c1. The molecule has 1 N–H and O–H groups in total. The molecule has 0 radical (unpaired) electrons. The maximum Gasteiger partial charge on any atom is 0.232 e. The molecule has 1 amide bonds. The molecule has 0 aliphatic heterocycles. The van der Waals surface area contributed by atoms with Crippen LogP contribution in [-0.2, 0) is 11.2 Å². The highest BCUT2D eigenvalue weighted by molar-refractivity contribution is 7.22. The molecule has 2 aromatic heterocycles. The molecular formula is C19H14ClN3OS2. The second-order valence-corrected chi connectivity index (χ2v) is 8.13. The summed E-state index contributed by atoms with van der Waals surface area (Å²) in [5, 5.41) is 6.83. The van der Waals surface area contributed by atoms with Crippen molar-refractivity contribution in [1.82, 2.24) is 9.97 Å². The lowest BCUT2D eigenvalue weighted by molar-refractivity contribution is -0.115. The molecule has 26 heavy (non-hydrogen) atoms. The summed E-state index contributed by atoms with van der Waals surface area (Å²) in [6.45, 7) is 2.04. The Morgan fingerprint density at radius 1 is 1.19 bits per heavy atom. The third-order valence-electron chi connectivity index (χ3n) is 3.79. The number of halogens is 1. The zero-order valence-electron chi connectivity index (χ0n) is 13.8. The summed E-state index contributed by atoms with van der Waals surface area (Å²) in [6.07, 6.45) is 0.204. The average molecular weight is 400 g/mol. The van der Waals surface area contributed by atoms with Gasteiger partial charge in [-0.25, -0.2) is 9.97 Å². The van der Waals surface area contributed by atoms with Gasteiger partial charge in [0.05, 0.1) is 27.4 Å². The van der Waals surface area contributed by atoms with E-state index in [1.165, 1.54) is 28.2 Å². The van der Waals surface area contributed by atoms with Crippen molar-refractivity contribution in [2.75, 3.05) is 5.32 Å². The Labute approximate surface area is 163 Å². The van der Waals surface area contributed by atoms with Gasteiger partial charge in [0, 0.05) is 10.9 Å². The molecular weight excluding hydrogens is 386 g/mol. The lowest BCUT2D eigenvalue weighted by Crippen LogP contribution is -2.14. The number of amides is 1. The molecule has 2 heterocycles. The van der Waals surface area contributed by atoms with Crippen LogP contribution >= 0.6 is 34.3 Å². The van der Waals surface area contributed by atoms with E-state index in [1.54, 1.807) is 0 Å². The van der Waals surface area contributed by atoms with E-state index >= 15 is 0 Å². The normalized spacial score (nSPS) is 11.0. The van der Waals surface area contributed by atoms with Gasteiger partial charge in [0.1, 0.15) is 5.01 Å². The Kier molecular flexibility index (Phi) is 4.72. The first-order valence-corrected chi connectivity index (χ1v) is 10.0. The Hall–Kier alpha value is -2.28. The fourth-order valence-electron chi connectivity index (χ4n) is 2.56. The number of thiazole rings is 2. The Bertz CT molecular complexity index is 1100. The fourth-order valence-corrected chi connectivity index (χ4v) is 4.68. The molecule has 0 aliphatic rings. The molecule has 130 valence electrons. The number of rotatable bonds is 4. The van der Waals surface area contributed by atoms with Crippen LogP contribution in [0, 0.1) is 6.92 Å². The van der Waals surface area contributed by atoms with Crippen LogP contribution in [0.15, 0.2) is 47.8 Å². The standard InChI is InChI=1S/C19H14ClN3OS2/c1-11-6-7-15-16(8-11)26-19(22-15)23-17(24)9-12-10-25-18(21-12)13-4-2-3-5-14(13)20/h2-8,10H,9H2,1H3,(H,22,23,24). The third kappa shape index (κ3) is 3.62. The number of anilines is 1. The van der Waals surface area contributed by atoms with Gasteiger partial charge in [-0.3, -0.25) is 4.79 Å². The summed E-state index contributed by atoms with van der Waals surface area (Å²) in [5.41, 5.74) is 3.67. The number of nitrogens with zero attached hydrogens (tertiary/aromatic N) is 2. The summed E-state index contributed by atoms with van der Waals surface area (Å²) >= 11 is 9.17. The van der Waals surface area contributed by atoms with Crippen LogP contribution in [0.3, 0.4) is 0 Å². The zero-order chi connectivity index (χ0) is 18.1.